The fourth-order valence-corrected chi connectivity index (χ4v) is 10.8. The van der Waals surface area contributed by atoms with Gasteiger partial charge in [0.2, 0.25) is 23.6 Å². The van der Waals surface area contributed by atoms with Crippen LogP contribution >= 0.6 is 0 Å². The van der Waals surface area contributed by atoms with E-state index in [0.717, 1.165) is 142 Å². The molecule has 0 bridgehead atoms. The minimum atomic E-state index is -0.224. The molecule has 0 unspecified atom stereocenters. The number of amides is 4. The number of rotatable bonds is 74. The summed E-state index contributed by atoms with van der Waals surface area (Å²) in [7, 11) is 4.07. The van der Waals surface area contributed by atoms with Crippen molar-refractivity contribution < 1.29 is 96.8 Å². The summed E-state index contributed by atoms with van der Waals surface area (Å²) in [6.45, 7) is 39.5. The highest BCUT2D eigenvalue weighted by molar-refractivity contribution is 5.78. The number of carbonyl (C=O) groups excluding carboxylic acids is 10. The Hall–Kier alpha value is -5.78. The van der Waals surface area contributed by atoms with E-state index < -0.39 is 0 Å². The molecule has 672 valence electrons. The Bertz CT molecular complexity index is 2070. The second kappa shape index (κ2) is 86.6. The van der Waals surface area contributed by atoms with Crippen LogP contribution < -0.4 is 21.3 Å². The minimum absolute atomic E-state index is 0.0279. The molecule has 32 heteroatoms. The van der Waals surface area contributed by atoms with E-state index in [1.807, 2.05) is 93.1 Å². The van der Waals surface area contributed by atoms with Gasteiger partial charge in [0.25, 0.3) is 0 Å². The van der Waals surface area contributed by atoms with Crippen molar-refractivity contribution in [3.63, 3.8) is 0 Å². The largest absolute Gasteiger partial charge is 0.466 e. The lowest BCUT2D eigenvalue weighted by Gasteiger charge is -2.25. The van der Waals surface area contributed by atoms with E-state index >= 15 is 0 Å². The summed E-state index contributed by atoms with van der Waals surface area (Å²) in [5.74, 6) is -1.12. The van der Waals surface area contributed by atoms with Crippen LogP contribution in [0.4, 0.5) is 0 Å². The Morgan fingerprint density at radius 2 is 0.377 bits per heavy atom. The predicted molar refractivity (Wildman–Crippen MR) is 447 cm³/mol. The van der Waals surface area contributed by atoms with E-state index in [1.54, 1.807) is 0 Å². The van der Waals surface area contributed by atoms with Gasteiger partial charge in [-0.3, -0.25) is 57.7 Å². The van der Waals surface area contributed by atoms with Gasteiger partial charge in [-0.15, -0.1) is 0 Å². The zero-order valence-electron chi connectivity index (χ0n) is 73.3. The van der Waals surface area contributed by atoms with Crippen LogP contribution in [0.5, 0.6) is 0 Å². The first-order chi connectivity index (χ1) is 55.0. The van der Waals surface area contributed by atoms with Crippen LogP contribution in [-0.4, -0.2) is 369 Å². The molecule has 4 amide bonds. The number of esters is 6. The van der Waals surface area contributed by atoms with Crippen LogP contribution in [0.15, 0.2) is 0 Å². The van der Waals surface area contributed by atoms with Crippen LogP contribution in [-0.2, 0) is 76.4 Å². The Morgan fingerprint density at radius 1 is 0.219 bits per heavy atom. The Balaban J connectivity index is -0.000000719. The Morgan fingerprint density at radius 3 is 0.526 bits per heavy atom. The first-order valence-electron chi connectivity index (χ1n) is 43.1. The number of hydrogen-bond donors (Lipinski definition) is 8. The number of ether oxygens (including phenoxy) is 6. The van der Waals surface area contributed by atoms with Gasteiger partial charge in [0, 0.05) is 143 Å². The molecule has 0 heterocycles. The van der Waals surface area contributed by atoms with Gasteiger partial charge in [0.1, 0.15) is 0 Å². The highest BCUT2D eigenvalue weighted by atomic mass is 16.6. The zero-order valence-corrected chi connectivity index (χ0v) is 73.3. The van der Waals surface area contributed by atoms with Gasteiger partial charge >= 0.3 is 35.8 Å². The van der Waals surface area contributed by atoms with Crippen molar-refractivity contribution in [2.75, 3.05) is 250 Å². The third-order valence-corrected chi connectivity index (χ3v) is 17.1. The van der Waals surface area contributed by atoms with Crippen LogP contribution in [0, 0.1) is 0 Å². The molecule has 0 aliphatic rings. The van der Waals surface area contributed by atoms with Crippen molar-refractivity contribution in [3.8, 4) is 0 Å². The minimum Gasteiger partial charge on any atom is -0.466 e. The molecule has 114 heavy (non-hydrogen) atoms. The molecule has 0 aliphatic heterocycles. The van der Waals surface area contributed by atoms with Crippen LogP contribution in [0.1, 0.15) is 223 Å². The number of aliphatic hydroxyl groups excluding tert-OH is 4. The average Bonchev–Trinajstić information content (AvgIpc) is 0.911. The zero-order chi connectivity index (χ0) is 85.9. The maximum atomic E-state index is 12.1. The van der Waals surface area contributed by atoms with Gasteiger partial charge in [-0.05, 0) is 156 Å². The second-order valence-electron chi connectivity index (χ2n) is 28.2. The van der Waals surface area contributed by atoms with Crippen LogP contribution in [0.2, 0.25) is 0 Å². The molecule has 0 saturated heterocycles. The summed E-state index contributed by atoms with van der Waals surface area (Å²) in [6, 6.07) is 0. The van der Waals surface area contributed by atoms with Crippen molar-refractivity contribution in [2.45, 2.75) is 223 Å². The highest BCUT2D eigenvalue weighted by Gasteiger charge is 2.19. The van der Waals surface area contributed by atoms with E-state index in [2.05, 4.69) is 50.7 Å². The van der Waals surface area contributed by atoms with E-state index in [0.29, 0.717) is 222 Å². The van der Waals surface area contributed by atoms with Gasteiger partial charge < -0.3 is 99.5 Å². The molecule has 0 fully saturated rings. The fourth-order valence-electron chi connectivity index (χ4n) is 10.8. The number of hydrogen-bond acceptors (Lipinski definition) is 28. The summed E-state index contributed by atoms with van der Waals surface area (Å²) in [6.07, 6.45) is 15.4. The molecule has 0 radical (unpaired) electrons. The van der Waals surface area contributed by atoms with E-state index in [-0.39, 0.29) is 85.9 Å². The third kappa shape index (κ3) is 81.4. The third-order valence-electron chi connectivity index (χ3n) is 17.1. The topological polar surface area (TPSA) is 381 Å². The quantitative estimate of drug-likeness (QED) is 0.0297. The fraction of sp³-hybridized carbons (Fsp3) is 0.878. The van der Waals surface area contributed by atoms with Crippen LogP contribution in [0.3, 0.4) is 0 Å². The van der Waals surface area contributed by atoms with Crippen LogP contribution in [0.25, 0.3) is 0 Å². The van der Waals surface area contributed by atoms with Gasteiger partial charge in [0.05, 0.1) is 105 Å². The monoisotopic (exact) mass is 1640 g/mol. The van der Waals surface area contributed by atoms with E-state index in [9.17, 15) is 47.9 Å². The lowest BCUT2D eigenvalue weighted by Crippen LogP contribution is -2.38. The number of carbonyl (C=O) groups is 10. The van der Waals surface area contributed by atoms with Crippen molar-refractivity contribution in [1.29, 1.82) is 0 Å². The number of nitrogens with one attached hydrogen (secondary N) is 4. The lowest BCUT2D eigenvalue weighted by atomic mass is 10.2. The molecule has 0 aromatic rings. The lowest BCUT2D eigenvalue weighted by molar-refractivity contribution is -0.146. The standard InChI is InChI=1S/C27H54N6O4.2C19H38N2O6.C17H34N2O4/c1-5-14-28-24(34)10-20-32(21-11-25(35)29-15-6-2)18-9-19-33(22-12-26(36)30-16-7-3)23-13-27(37)31-17-8-4;2*1-3-16-26-18(24)6-10-20(11-7-19(25)27-17-4-2)8-5-9-21(12-14-22)13-15-23;1-5-14-22-16(20)8-12-19(11-7-10-18(3)4)13-9-17(21)23-15-6-2/h5-23H2,1-4H3,(H,28,34)(H,29,35)(H,30,36)(H,31,37);2*22-23H,3-17H2,1-2H3;5-15H2,1-4H3. The highest BCUT2D eigenvalue weighted by Crippen LogP contribution is 2.08. The molecule has 0 spiro atoms. The Labute approximate surface area is 687 Å². The summed E-state index contributed by atoms with van der Waals surface area (Å²) >= 11 is 0. The molecule has 0 saturated carbocycles. The van der Waals surface area contributed by atoms with Gasteiger partial charge in [-0.2, -0.15) is 0 Å². The van der Waals surface area contributed by atoms with E-state index in [1.165, 1.54) is 0 Å². The molecule has 0 aromatic heterocycles. The first-order valence-corrected chi connectivity index (χ1v) is 43.1. The number of aliphatic hydroxyl groups is 4. The number of nitrogens with zero attached hydrogens (tertiary/aromatic N) is 8. The molecule has 0 aliphatic carbocycles. The predicted octanol–water partition coefficient (Wildman–Crippen LogP) is 4.88. The molecule has 0 atom stereocenters. The molecular weight excluding hydrogens is 1470 g/mol. The van der Waals surface area contributed by atoms with Gasteiger partial charge in [-0.25, -0.2) is 0 Å². The normalized spacial score (nSPS) is 11.1. The molecule has 0 aromatic carbocycles. The van der Waals surface area contributed by atoms with Crippen molar-refractivity contribution in [1.82, 2.24) is 60.5 Å². The first kappa shape index (κ1) is 115. The smallest absolute Gasteiger partial charge is 0.307 e. The molecular formula is C82H164N12O20. The SMILES string of the molecule is CCCNC(=O)CCN(CCCN(CCC(=O)NCCC)CCC(=O)NCCC)CCC(=O)NCCC.CCCOC(=O)CCN(CCCN(C)C)CCC(=O)OCCC.CCCOC(=O)CCN(CCCN(CCO)CCO)CCC(=O)OCCC.CCCOC(=O)CCN(CCCN(CCO)CCO)CCC(=O)OCCC. The van der Waals surface area contributed by atoms with Crippen molar-refractivity contribution in [2.24, 2.45) is 0 Å². The molecule has 0 rings (SSSR count). The summed E-state index contributed by atoms with van der Waals surface area (Å²) in [5, 5.41) is 47.9. The average molecular weight is 1640 g/mol. The van der Waals surface area contributed by atoms with Gasteiger partial charge in [0.15, 0.2) is 0 Å². The van der Waals surface area contributed by atoms with Crippen molar-refractivity contribution in [3.05, 3.63) is 0 Å². The summed E-state index contributed by atoms with van der Waals surface area (Å²) < 4.78 is 30.6. The molecule has 8 N–H and O–H groups in total. The summed E-state index contributed by atoms with van der Waals surface area (Å²) in [4.78, 5) is 135. The maximum absolute atomic E-state index is 12.1. The second-order valence-corrected chi connectivity index (χ2v) is 28.2. The molecule has 32 nitrogen and oxygen atoms in total. The van der Waals surface area contributed by atoms with Gasteiger partial charge in [-0.1, -0.05) is 69.2 Å². The van der Waals surface area contributed by atoms with E-state index in [4.69, 9.17) is 48.8 Å². The summed E-state index contributed by atoms with van der Waals surface area (Å²) in [5.41, 5.74) is 0. The van der Waals surface area contributed by atoms with Crippen molar-refractivity contribution >= 4 is 59.4 Å². The maximum Gasteiger partial charge on any atom is 0.307 e. The Kier molecular flexibility index (Phi) is 87.0.